The molecule has 0 radical (unpaired) electrons. The van der Waals surface area contributed by atoms with E-state index in [9.17, 15) is 9.11 Å². The highest BCUT2D eigenvalue weighted by molar-refractivity contribution is 8.13. The highest BCUT2D eigenvalue weighted by atomic mass is 32.3. The third-order valence-electron chi connectivity index (χ3n) is 5.67. The predicted octanol–water partition coefficient (Wildman–Crippen LogP) is 4.21. The fourth-order valence-corrected chi connectivity index (χ4v) is 8.88. The van der Waals surface area contributed by atoms with Crippen molar-refractivity contribution in [2.75, 3.05) is 9.80 Å². The fourth-order valence-electron chi connectivity index (χ4n) is 4.41. The van der Waals surface area contributed by atoms with E-state index in [1.54, 1.807) is 24.5 Å². The van der Waals surface area contributed by atoms with Gasteiger partial charge in [0.25, 0.3) is 0 Å². The van der Waals surface area contributed by atoms with Crippen LogP contribution in [0.1, 0.15) is 12.8 Å². The summed E-state index contributed by atoms with van der Waals surface area (Å²) in [5, 5.41) is 0. The highest BCUT2D eigenvalue weighted by Crippen LogP contribution is 2.60. The second kappa shape index (κ2) is 7.13. The van der Waals surface area contributed by atoms with Crippen molar-refractivity contribution >= 4 is 39.7 Å². The van der Waals surface area contributed by atoms with Gasteiger partial charge in [0.05, 0.1) is 28.0 Å². The average molecular weight is 447 g/mol. The van der Waals surface area contributed by atoms with Gasteiger partial charge in [-0.15, -0.1) is 0 Å². The lowest BCUT2D eigenvalue weighted by Gasteiger charge is -2.39. The standard InChI is InChI=1S/C23H18N4O2S2/c28-30-19-13-7-8-14-20(19)31(29)23(30)26(17-9-3-1-4-10-17)21-22(25-16-15-24-21)27(23)18-11-5-2-6-12-18/h1-5,7-11,13-16H,6,12H2. The van der Waals surface area contributed by atoms with Crippen LogP contribution in [-0.4, -0.2) is 23.4 Å². The summed E-state index contributed by atoms with van der Waals surface area (Å²) in [6.07, 6.45) is 10.9. The molecule has 0 saturated heterocycles. The van der Waals surface area contributed by atoms with E-state index in [0.29, 0.717) is 21.4 Å². The molecule has 0 N–H and O–H groups in total. The van der Waals surface area contributed by atoms with Crippen molar-refractivity contribution in [2.45, 2.75) is 27.0 Å². The van der Waals surface area contributed by atoms with Crippen molar-refractivity contribution in [1.82, 2.24) is 9.97 Å². The van der Waals surface area contributed by atoms with Crippen LogP contribution in [-0.2, 0) is 22.4 Å². The van der Waals surface area contributed by atoms with Crippen LogP contribution in [0.4, 0.5) is 17.3 Å². The molecule has 0 saturated carbocycles. The van der Waals surface area contributed by atoms with E-state index in [4.69, 9.17) is 0 Å². The molecule has 1 aliphatic carbocycles. The van der Waals surface area contributed by atoms with Gasteiger partial charge in [0.15, 0.2) is 11.6 Å². The molecule has 2 aliphatic heterocycles. The zero-order chi connectivity index (χ0) is 21.0. The van der Waals surface area contributed by atoms with Crippen molar-refractivity contribution in [3.8, 4) is 0 Å². The van der Waals surface area contributed by atoms with Gasteiger partial charge in [0, 0.05) is 18.1 Å². The second-order valence-corrected chi connectivity index (χ2v) is 10.7. The monoisotopic (exact) mass is 446 g/mol. The van der Waals surface area contributed by atoms with E-state index >= 15 is 0 Å². The third kappa shape index (κ3) is 2.50. The smallest absolute Gasteiger partial charge is 0.455 e. The summed E-state index contributed by atoms with van der Waals surface area (Å²) in [5.41, 5.74) is 1.70. The molecule has 6 nitrogen and oxygen atoms in total. The Balaban J connectivity index is 1.68. The van der Waals surface area contributed by atoms with Crippen molar-refractivity contribution in [1.29, 1.82) is 0 Å². The van der Waals surface area contributed by atoms with E-state index in [1.807, 2.05) is 64.4 Å². The summed E-state index contributed by atoms with van der Waals surface area (Å²) in [6.45, 7) is 0. The van der Waals surface area contributed by atoms with Crippen LogP contribution in [0.5, 0.6) is 0 Å². The van der Waals surface area contributed by atoms with Crippen LogP contribution >= 0.6 is 0 Å². The van der Waals surface area contributed by atoms with Gasteiger partial charge < -0.3 is 9.11 Å². The largest absolute Gasteiger partial charge is 0.604 e. The lowest BCUT2D eigenvalue weighted by Crippen LogP contribution is -2.62. The fraction of sp³-hybridized carbons (Fsp3) is 0.130. The zero-order valence-corrected chi connectivity index (χ0v) is 18.1. The zero-order valence-electron chi connectivity index (χ0n) is 16.4. The number of para-hydroxylation sites is 1. The molecule has 2 atom stereocenters. The maximum atomic E-state index is 14.3. The molecule has 1 spiro atoms. The lowest BCUT2D eigenvalue weighted by atomic mass is 10.1. The maximum Gasteiger partial charge on any atom is 0.455 e. The normalized spacial score (nSPS) is 26.2. The van der Waals surface area contributed by atoms with Crippen LogP contribution in [0.25, 0.3) is 0 Å². The number of hydrogen-bond acceptors (Lipinski definition) is 6. The summed E-state index contributed by atoms with van der Waals surface area (Å²) >= 11 is -3.29. The quantitative estimate of drug-likeness (QED) is 0.549. The number of rotatable bonds is 2. The number of allylic oxidation sites excluding steroid dienone is 4. The van der Waals surface area contributed by atoms with Crippen molar-refractivity contribution in [2.24, 2.45) is 0 Å². The summed E-state index contributed by atoms with van der Waals surface area (Å²) in [5.74, 6) is 1.13. The van der Waals surface area contributed by atoms with Crippen LogP contribution in [0, 0.1) is 0 Å². The first-order chi connectivity index (χ1) is 15.2. The molecular formula is C23H18N4O2S2. The number of benzene rings is 2. The Morgan fingerprint density at radius 3 is 2.03 bits per heavy atom. The van der Waals surface area contributed by atoms with E-state index < -0.39 is 26.7 Å². The van der Waals surface area contributed by atoms with Gasteiger partial charge >= 0.3 is 4.33 Å². The number of fused-ring (bicyclic) bond motifs is 2. The van der Waals surface area contributed by atoms with Crippen molar-refractivity contribution < 1.29 is 9.11 Å². The molecule has 1 aromatic heterocycles. The molecule has 2 aromatic carbocycles. The Kier molecular flexibility index (Phi) is 4.36. The van der Waals surface area contributed by atoms with E-state index in [2.05, 4.69) is 16.0 Å². The molecule has 6 rings (SSSR count). The second-order valence-electron chi connectivity index (χ2n) is 7.37. The molecule has 0 amide bonds. The molecule has 3 aliphatic rings. The van der Waals surface area contributed by atoms with Crippen LogP contribution in [0.3, 0.4) is 0 Å². The Morgan fingerprint density at radius 1 is 0.806 bits per heavy atom. The highest BCUT2D eigenvalue weighted by Gasteiger charge is 2.76. The first kappa shape index (κ1) is 18.9. The van der Waals surface area contributed by atoms with Gasteiger partial charge in [-0.05, 0) is 43.2 Å². The first-order valence-electron chi connectivity index (χ1n) is 9.99. The summed E-state index contributed by atoms with van der Waals surface area (Å²) in [7, 11) is 0. The Labute approximate surface area is 186 Å². The Morgan fingerprint density at radius 2 is 1.42 bits per heavy atom. The summed E-state index contributed by atoms with van der Waals surface area (Å²) in [6, 6.07) is 16.9. The predicted molar refractivity (Wildman–Crippen MR) is 122 cm³/mol. The first-order valence-corrected chi connectivity index (χ1v) is 12.3. The molecular weight excluding hydrogens is 428 g/mol. The van der Waals surface area contributed by atoms with Crippen LogP contribution < -0.4 is 9.80 Å². The van der Waals surface area contributed by atoms with E-state index in [-0.39, 0.29) is 0 Å². The maximum absolute atomic E-state index is 14.3. The number of anilines is 3. The number of aromatic nitrogens is 2. The molecule has 2 unspecified atom stereocenters. The molecule has 3 aromatic rings. The summed E-state index contributed by atoms with van der Waals surface area (Å²) < 4.78 is 27.1. The number of hydrogen-bond donors (Lipinski definition) is 0. The molecule has 8 heteroatoms. The minimum Gasteiger partial charge on any atom is -0.604 e. The Bertz CT molecular complexity index is 1190. The SMILES string of the molecule is [O-][S+]1c2ccccc2[S+]([O-])C12N(C1=CC=CCC1)c1nccnc1N2c1ccccc1. The molecule has 0 fully saturated rings. The Hall–Kier alpha value is -2.78. The lowest BCUT2D eigenvalue weighted by molar-refractivity contribution is 0.546. The molecule has 154 valence electrons. The summed E-state index contributed by atoms with van der Waals surface area (Å²) in [4.78, 5) is 14.2. The van der Waals surface area contributed by atoms with Gasteiger partial charge in [0.2, 0.25) is 9.79 Å². The van der Waals surface area contributed by atoms with Gasteiger partial charge in [0.1, 0.15) is 0 Å². The average Bonchev–Trinajstić information content (AvgIpc) is 3.26. The van der Waals surface area contributed by atoms with Crippen LogP contribution in [0.15, 0.2) is 101 Å². The minimum atomic E-state index is -1.64. The van der Waals surface area contributed by atoms with Gasteiger partial charge in [-0.25, -0.2) is 19.8 Å². The van der Waals surface area contributed by atoms with E-state index in [1.165, 1.54) is 0 Å². The van der Waals surface area contributed by atoms with Gasteiger partial charge in [-0.2, -0.15) is 0 Å². The van der Waals surface area contributed by atoms with Crippen molar-refractivity contribution in [3.63, 3.8) is 0 Å². The van der Waals surface area contributed by atoms with Gasteiger partial charge in [-0.1, -0.05) is 42.5 Å². The topological polar surface area (TPSA) is 78.4 Å². The third-order valence-corrected chi connectivity index (χ3v) is 9.92. The van der Waals surface area contributed by atoms with Crippen molar-refractivity contribution in [3.05, 3.63) is 90.9 Å². The molecule has 0 bridgehead atoms. The van der Waals surface area contributed by atoms with E-state index in [0.717, 1.165) is 24.2 Å². The molecule has 31 heavy (non-hydrogen) atoms. The van der Waals surface area contributed by atoms with Crippen LogP contribution in [0.2, 0.25) is 0 Å². The van der Waals surface area contributed by atoms with Gasteiger partial charge in [-0.3, -0.25) is 0 Å². The minimum absolute atomic E-state index is 0.554. The number of nitrogens with zero attached hydrogens (tertiary/aromatic N) is 4. The molecule has 3 heterocycles.